The van der Waals surface area contributed by atoms with E-state index in [2.05, 4.69) is 0 Å². The van der Waals surface area contributed by atoms with Crippen LogP contribution in [0.1, 0.15) is 25.7 Å². The van der Waals surface area contributed by atoms with Gasteiger partial charge in [0.2, 0.25) is 5.91 Å². The molecule has 1 heterocycles. The topological polar surface area (TPSA) is 85.4 Å². The van der Waals surface area contributed by atoms with E-state index in [1.807, 2.05) is 0 Å². The molecule has 1 fully saturated rings. The van der Waals surface area contributed by atoms with Crippen LogP contribution in [0.4, 0.5) is 5.69 Å². The molecule has 2 aromatic rings. The van der Waals surface area contributed by atoms with Crippen LogP contribution >= 0.6 is 0 Å². The summed E-state index contributed by atoms with van der Waals surface area (Å²) < 4.78 is 44.4. The lowest BCUT2D eigenvalue weighted by atomic mass is 10.2. The molecule has 1 saturated heterocycles. The van der Waals surface area contributed by atoms with Crippen LogP contribution in [0.15, 0.2) is 47.4 Å². The fourth-order valence-electron chi connectivity index (χ4n) is 3.71. The zero-order valence-electron chi connectivity index (χ0n) is 18.7. The summed E-state index contributed by atoms with van der Waals surface area (Å²) in [5.41, 5.74) is 0.242. The standard InChI is InChI=1S/C23H30N2O6S/c1-29-18-8-11-20(12-9-18)32(27,28)25(17-23(26)24-14-6-4-5-7-15-24)21-16-19(30-2)10-13-22(21)31-3/h8-13,16H,4-7,14-15,17H2,1-3H3. The number of ether oxygens (including phenoxy) is 3. The number of sulfonamides is 1. The normalized spacial score (nSPS) is 14.4. The van der Waals surface area contributed by atoms with Gasteiger partial charge in [-0.3, -0.25) is 9.10 Å². The highest BCUT2D eigenvalue weighted by Gasteiger charge is 2.31. The van der Waals surface area contributed by atoms with Crippen molar-refractivity contribution >= 4 is 21.6 Å². The van der Waals surface area contributed by atoms with Crippen molar-refractivity contribution in [2.24, 2.45) is 0 Å². The van der Waals surface area contributed by atoms with Gasteiger partial charge in [0.25, 0.3) is 10.0 Å². The lowest BCUT2D eigenvalue weighted by molar-refractivity contribution is -0.129. The summed E-state index contributed by atoms with van der Waals surface area (Å²) in [7, 11) is 0.381. The molecule has 0 N–H and O–H groups in total. The van der Waals surface area contributed by atoms with E-state index in [0.717, 1.165) is 30.0 Å². The summed E-state index contributed by atoms with van der Waals surface area (Å²) >= 11 is 0. The van der Waals surface area contributed by atoms with Crippen molar-refractivity contribution < 1.29 is 27.4 Å². The molecule has 9 heteroatoms. The molecule has 0 radical (unpaired) electrons. The van der Waals surface area contributed by atoms with Gasteiger partial charge in [0.15, 0.2) is 0 Å². The Bertz CT molecular complexity index is 1020. The Morgan fingerprint density at radius 2 is 1.47 bits per heavy atom. The van der Waals surface area contributed by atoms with Crippen molar-refractivity contribution in [2.45, 2.75) is 30.6 Å². The quantitative estimate of drug-likeness (QED) is 0.598. The average Bonchev–Trinajstić information content (AvgIpc) is 3.11. The molecule has 0 bridgehead atoms. The predicted molar refractivity (Wildman–Crippen MR) is 122 cm³/mol. The Morgan fingerprint density at radius 3 is 2.03 bits per heavy atom. The Balaban J connectivity index is 2.05. The minimum absolute atomic E-state index is 0.0480. The second-order valence-corrected chi connectivity index (χ2v) is 9.38. The minimum Gasteiger partial charge on any atom is -0.497 e. The van der Waals surface area contributed by atoms with Gasteiger partial charge in [0.1, 0.15) is 23.8 Å². The minimum atomic E-state index is -4.08. The molecular weight excluding hydrogens is 432 g/mol. The van der Waals surface area contributed by atoms with Crippen molar-refractivity contribution in [3.63, 3.8) is 0 Å². The van der Waals surface area contributed by atoms with Crippen LogP contribution in [0.25, 0.3) is 0 Å². The Hall–Kier alpha value is -2.94. The van der Waals surface area contributed by atoms with Crippen LogP contribution in [0.2, 0.25) is 0 Å². The third-order valence-corrected chi connectivity index (χ3v) is 7.31. The van der Waals surface area contributed by atoms with E-state index in [0.29, 0.717) is 30.3 Å². The summed E-state index contributed by atoms with van der Waals surface area (Å²) in [6.07, 6.45) is 3.97. The molecule has 1 aliphatic rings. The van der Waals surface area contributed by atoms with Gasteiger partial charge in [-0.15, -0.1) is 0 Å². The van der Waals surface area contributed by atoms with Crippen molar-refractivity contribution in [3.8, 4) is 17.2 Å². The molecule has 32 heavy (non-hydrogen) atoms. The third kappa shape index (κ3) is 5.27. The van der Waals surface area contributed by atoms with Gasteiger partial charge in [-0.1, -0.05) is 12.8 Å². The van der Waals surface area contributed by atoms with Gasteiger partial charge >= 0.3 is 0 Å². The van der Waals surface area contributed by atoms with E-state index in [1.54, 1.807) is 35.2 Å². The predicted octanol–water partition coefficient (Wildman–Crippen LogP) is 3.31. The Morgan fingerprint density at radius 1 is 0.875 bits per heavy atom. The summed E-state index contributed by atoms with van der Waals surface area (Å²) in [5, 5.41) is 0. The van der Waals surface area contributed by atoms with E-state index < -0.39 is 10.0 Å². The zero-order valence-corrected chi connectivity index (χ0v) is 19.6. The summed E-state index contributed by atoms with van der Waals surface area (Å²) in [6, 6.07) is 10.9. The largest absolute Gasteiger partial charge is 0.497 e. The highest BCUT2D eigenvalue weighted by atomic mass is 32.2. The van der Waals surface area contributed by atoms with Crippen LogP contribution in [0, 0.1) is 0 Å². The monoisotopic (exact) mass is 462 g/mol. The second kappa shape index (κ2) is 10.6. The Labute approximate surface area is 189 Å². The number of carbonyl (C=O) groups is 1. The highest BCUT2D eigenvalue weighted by Crippen LogP contribution is 2.36. The molecule has 0 atom stereocenters. The van der Waals surface area contributed by atoms with Crippen molar-refractivity contribution in [1.29, 1.82) is 0 Å². The molecule has 0 unspecified atom stereocenters. The smallest absolute Gasteiger partial charge is 0.264 e. The molecule has 8 nitrogen and oxygen atoms in total. The fourth-order valence-corrected chi connectivity index (χ4v) is 5.13. The van der Waals surface area contributed by atoms with Crippen molar-refractivity contribution in [3.05, 3.63) is 42.5 Å². The molecule has 0 spiro atoms. The molecule has 0 aliphatic carbocycles. The van der Waals surface area contributed by atoms with Crippen LogP contribution in [-0.4, -0.2) is 60.2 Å². The van der Waals surface area contributed by atoms with Crippen LogP contribution in [0.3, 0.4) is 0 Å². The van der Waals surface area contributed by atoms with E-state index in [-0.39, 0.29) is 23.0 Å². The maximum absolute atomic E-state index is 13.7. The number of amides is 1. The van der Waals surface area contributed by atoms with E-state index in [9.17, 15) is 13.2 Å². The maximum atomic E-state index is 13.7. The van der Waals surface area contributed by atoms with Crippen molar-refractivity contribution in [2.75, 3.05) is 45.3 Å². The molecule has 3 rings (SSSR count). The van der Waals surface area contributed by atoms with Gasteiger partial charge in [-0.25, -0.2) is 8.42 Å². The number of hydrogen-bond donors (Lipinski definition) is 0. The lowest BCUT2D eigenvalue weighted by Gasteiger charge is -2.29. The number of hydrogen-bond acceptors (Lipinski definition) is 6. The zero-order chi connectivity index (χ0) is 23.1. The van der Waals surface area contributed by atoms with Gasteiger partial charge in [-0.05, 0) is 49.2 Å². The number of likely N-dealkylation sites (tertiary alicyclic amines) is 1. The van der Waals surface area contributed by atoms with Gasteiger partial charge in [0.05, 0.1) is 31.9 Å². The van der Waals surface area contributed by atoms with Gasteiger partial charge in [-0.2, -0.15) is 0 Å². The van der Waals surface area contributed by atoms with E-state index >= 15 is 0 Å². The van der Waals surface area contributed by atoms with Crippen LogP contribution in [0.5, 0.6) is 17.2 Å². The molecule has 1 amide bonds. The number of carbonyl (C=O) groups excluding carboxylic acids is 1. The first-order valence-corrected chi connectivity index (χ1v) is 12.0. The maximum Gasteiger partial charge on any atom is 0.264 e. The molecular formula is C23H30N2O6S. The van der Waals surface area contributed by atoms with Gasteiger partial charge in [0, 0.05) is 19.2 Å². The number of nitrogens with zero attached hydrogens (tertiary/aromatic N) is 2. The SMILES string of the molecule is COc1ccc(S(=O)(=O)N(CC(=O)N2CCCCCC2)c2cc(OC)ccc2OC)cc1. The molecule has 2 aromatic carbocycles. The lowest BCUT2D eigenvalue weighted by Crippen LogP contribution is -2.43. The number of methoxy groups -OCH3 is 3. The first-order valence-electron chi connectivity index (χ1n) is 10.6. The number of benzene rings is 2. The highest BCUT2D eigenvalue weighted by molar-refractivity contribution is 7.92. The second-order valence-electron chi connectivity index (χ2n) is 7.52. The average molecular weight is 463 g/mol. The summed E-state index contributed by atoms with van der Waals surface area (Å²) in [5.74, 6) is 1.08. The molecule has 174 valence electrons. The van der Waals surface area contributed by atoms with Crippen LogP contribution in [-0.2, 0) is 14.8 Å². The van der Waals surface area contributed by atoms with Gasteiger partial charge < -0.3 is 19.1 Å². The number of rotatable bonds is 8. The first-order chi connectivity index (χ1) is 15.4. The van der Waals surface area contributed by atoms with E-state index in [4.69, 9.17) is 14.2 Å². The Kier molecular flexibility index (Phi) is 7.84. The van der Waals surface area contributed by atoms with Crippen molar-refractivity contribution in [1.82, 2.24) is 4.90 Å². The fraction of sp³-hybridized carbons (Fsp3) is 0.435. The van der Waals surface area contributed by atoms with Crippen LogP contribution < -0.4 is 18.5 Å². The first kappa shape index (κ1) is 23.7. The molecule has 0 aromatic heterocycles. The van der Waals surface area contributed by atoms with E-state index in [1.165, 1.54) is 33.5 Å². The molecule has 1 aliphatic heterocycles. The summed E-state index contributed by atoms with van der Waals surface area (Å²) in [4.78, 5) is 15.0. The third-order valence-electron chi connectivity index (χ3n) is 5.54. The summed E-state index contributed by atoms with van der Waals surface area (Å²) in [6.45, 7) is 0.924. The molecule has 0 saturated carbocycles. The number of anilines is 1.